The van der Waals surface area contributed by atoms with Gasteiger partial charge in [0.1, 0.15) is 5.82 Å². The van der Waals surface area contributed by atoms with E-state index in [4.69, 9.17) is 5.84 Å². The van der Waals surface area contributed by atoms with Gasteiger partial charge in [-0.05, 0) is 50.8 Å². The molecule has 6 nitrogen and oxygen atoms in total. The van der Waals surface area contributed by atoms with Gasteiger partial charge in [-0.2, -0.15) is 4.68 Å². The predicted octanol–water partition coefficient (Wildman–Crippen LogP) is 1.30. The summed E-state index contributed by atoms with van der Waals surface area (Å²) in [5, 5.41) is 3.51. The molecule has 1 saturated heterocycles. The Balaban J connectivity index is 2.15. The number of nitrogens with two attached hydrogens (primary N) is 1. The highest BCUT2D eigenvalue weighted by Crippen LogP contribution is 2.41. The Morgan fingerprint density at radius 2 is 2.12 bits per heavy atom. The Labute approximate surface area is 144 Å². The summed E-state index contributed by atoms with van der Waals surface area (Å²) in [6, 6.07) is 1.32. The van der Waals surface area contributed by atoms with E-state index in [1.165, 1.54) is 6.07 Å². The van der Waals surface area contributed by atoms with Crippen LogP contribution < -0.4 is 22.4 Å². The topological polar surface area (TPSA) is 82.1 Å². The van der Waals surface area contributed by atoms with Gasteiger partial charge in [-0.25, -0.2) is 9.18 Å². The summed E-state index contributed by atoms with van der Waals surface area (Å²) in [5.74, 6) is 5.28. The number of fused-ring (bicyclic) bond motifs is 1. The molecule has 1 aliphatic heterocycles. The van der Waals surface area contributed by atoms with Crippen LogP contribution in [0.25, 0.3) is 10.9 Å². The van der Waals surface area contributed by atoms with Gasteiger partial charge < -0.3 is 11.2 Å². The number of hydrogen-bond donors (Lipinski definition) is 2. The van der Waals surface area contributed by atoms with Crippen LogP contribution in [0.1, 0.15) is 49.8 Å². The summed E-state index contributed by atoms with van der Waals surface area (Å²) >= 11 is 0. The summed E-state index contributed by atoms with van der Waals surface area (Å²) in [4.78, 5) is 25.1. The smallest absolute Gasteiger partial charge is 0.332 e. The third kappa shape index (κ3) is 2.18. The number of aromatic nitrogens is 2. The number of aryl methyl sites for hydroxylation is 1. The predicted molar refractivity (Wildman–Crippen MR) is 95.0 cm³/mol. The number of halogens is 1. The molecule has 25 heavy (non-hydrogen) atoms. The van der Waals surface area contributed by atoms with Gasteiger partial charge in [0.15, 0.2) is 0 Å². The zero-order valence-corrected chi connectivity index (χ0v) is 14.6. The van der Waals surface area contributed by atoms with Crippen molar-refractivity contribution >= 4 is 10.9 Å². The molecule has 2 aliphatic rings. The van der Waals surface area contributed by atoms with Gasteiger partial charge in [0.05, 0.1) is 10.9 Å². The lowest BCUT2D eigenvalue weighted by Crippen LogP contribution is -2.45. The fourth-order valence-corrected chi connectivity index (χ4v) is 4.43. The van der Waals surface area contributed by atoms with Gasteiger partial charge in [-0.1, -0.05) is 6.92 Å². The molecule has 1 aromatic heterocycles. The van der Waals surface area contributed by atoms with Crippen molar-refractivity contribution < 1.29 is 4.39 Å². The first-order valence-electron chi connectivity index (χ1n) is 8.88. The largest absolute Gasteiger partial charge is 0.350 e. The van der Waals surface area contributed by atoms with Crippen LogP contribution in [0, 0.1) is 12.7 Å². The van der Waals surface area contributed by atoms with Gasteiger partial charge >= 0.3 is 5.69 Å². The van der Waals surface area contributed by atoms with Gasteiger partial charge in [0.2, 0.25) is 0 Å². The number of benzene rings is 1. The highest BCUT2D eigenvalue weighted by atomic mass is 19.1. The van der Waals surface area contributed by atoms with Crippen molar-refractivity contribution in [3.05, 3.63) is 43.8 Å². The molecular formula is C18H23FN4O2. The van der Waals surface area contributed by atoms with Crippen molar-refractivity contribution in [1.29, 1.82) is 0 Å². The van der Waals surface area contributed by atoms with E-state index in [2.05, 4.69) is 12.2 Å². The second-order valence-corrected chi connectivity index (χ2v) is 7.37. The molecule has 3 N–H and O–H groups in total. The average molecular weight is 346 g/mol. The molecule has 1 saturated carbocycles. The molecule has 7 heteroatoms. The first-order chi connectivity index (χ1) is 11.9. The van der Waals surface area contributed by atoms with E-state index in [1.54, 1.807) is 4.57 Å². The second-order valence-electron chi connectivity index (χ2n) is 7.37. The first kappa shape index (κ1) is 16.3. The van der Waals surface area contributed by atoms with Crippen molar-refractivity contribution in [2.75, 3.05) is 18.9 Å². The maximum absolute atomic E-state index is 15.1. The molecule has 2 heterocycles. The van der Waals surface area contributed by atoms with Gasteiger partial charge in [0, 0.05) is 23.6 Å². The lowest BCUT2D eigenvalue weighted by molar-refractivity contribution is 0.425. The number of nitrogens with one attached hydrogen (secondary N) is 1. The molecule has 1 atom stereocenters. The fourth-order valence-electron chi connectivity index (χ4n) is 4.43. The Morgan fingerprint density at radius 3 is 2.68 bits per heavy atom. The molecule has 0 bridgehead atoms. The van der Waals surface area contributed by atoms with Crippen molar-refractivity contribution in [3.8, 4) is 0 Å². The number of nitrogen functional groups attached to an aromatic ring is 1. The molecule has 1 aromatic carbocycles. The summed E-state index contributed by atoms with van der Waals surface area (Å²) < 4.78 is 17.3. The molecule has 0 radical (unpaired) electrons. The summed E-state index contributed by atoms with van der Waals surface area (Å²) in [7, 11) is 0. The highest BCUT2D eigenvalue weighted by Gasteiger charge is 2.39. The van der Waals surface area contributed by atoms with E-state index >= 15 is 4.39 Å². The van der Waals surface area contributed by atoms with E-state index in [-0.39, 0.29) is 22.7 Å². The van der Waals surface area contributed by atoms with Crippen LogP contribution in [0.2, 0.25) is 0 Å². The average Bonchev–Trinajstić information content (AvgIpc) is 3.31. The quantitative estimate of drug-likeness (QED) is 0.821. The van der Waals surface area contributed by atoms with Gasteiger partial charge in [-0.15, -0.1) is 0 Å². The van der Waals surface area contributed by atoms with Crippen LogP contribution in [0.15, 0.2) is 15.7 Å². The number of rotatable bonds is 3. The fraction of sp³-hybridized carbons (Fsp3) is 0.556. The van der Waals surface area contributed by atoms with Gasteiger partial charge in [-0.3, -0.25) is 9.36 Å². The maximum atomic E-state index is 15.1. The Hall–Kier alpha value is -2.15. The Morgan fingerprint density at radius 1 is 1.40 bits per heavy atom. The highest BCUT2D eigenvalue weighted by molar-refractivity contribution is 5.83. The minimum atomic E-state index is -0.638. The normalized spacial score (nSPS) is 23.5. The van der Waals surface area contributed by atoms with Crippen LogP contribution in [0.4, 0.5) is 4.39 Å². The van der Waals surface area contributed by atoms with Crippen LogP contribution in [0.3, 0.4) is 0 Å². The SMILES string of the molecule is CC[C@]1(c2c(F)cc3c(=O)n(N)c(=O)n(C4CC4)c3c2C)CCNC1. The van der Waals surface area contributed by atoms with E-state index in [0.717, 1.165) is 32.2 Å². The molecule has 2 aromatic rings. The number of nitrogens with zero attached hydrogens (tertiary/aromatic N) is 2. The van der Waals surface area contributed by atoms with E-state index in [9.17, 15) is 9.59 Å². The Bertz CT molecular complexity index is 981. The summed E-state index contributed by atoms with van der Waals surface area (Å²) in [5.41, 5.74) is 0.425. The molecule has 0 spiro atoms. The summed E-state index contributed by atoms with van der Waals surface area (Å²) in [6.45, 7) is 5.43. The minimum Gasteiger partial charge on any atom is -0.332 e. The van der Waals surface area contributed by atoms with Crippen LogP contribution in [-0.4, -0.2) is 22.3 Å². The monoisotopic (exact) mass is 346 g/mol. The molecule has 4 rings (SSSR count). The lowest BCUT2D eigenvalue weighted by atomic mass is 9.74. The first-order valence-corrected chi connectivity index (χ1v) is 8.88. The summed E-state index contributed by atoms with van der Waals surface area (Å²) in [6.07, 6.45) is 3.39. The lowest BCUT2D eigenvalue weighted by Gasteiger charge is -2.30. The zero-order chi connectivity index (χ0) is 17.9. The van der Waals surface area contributed by atoms with Crippen molar-refractivity contribution in [1.82, 2.24) is 14.6 Å². The minimum absolute atomic E-state index is 0.0432. The van der Waals surface area contributed by atoms with Crippen molar-refractivity contribution in [2.45, 2.75) is 51.0 Å². The molecule has 2 fully saturated rings. The maximum Gasteiger partial charge on any atom is 0.350 e. The van der Waals surface area contributed by atoms with Crippen molar-refractivity contribution in [3.63, 3.8) is 0 Å². The van der Waals surface area contributed by atoms with Crippen molar-refractivity contribution in [2.24, 2.45) is 0 Å². The molecule has 134 valence electrons. The third-order valence-corrected chi connectivity index (χ3v) is 5.96. The molecular weight excluding hydrogens is 323 g/mol. The Kier molecular flexibility index (Phi) is 3.54. The standard InChI is InChI=1S/C18H23FN4O2/c1-3-18(6-7-21-9-18)14-10(2)15-12(8-13(14)19)16(24)23(20)17(25)22(15)11-4-5-11/h8,11,21H,3-7,9,20H2,1-2H3/t18-/m0/s1. The van der Waals surface area contributed by atoms with E-state index in [1.807, 2.05) is 6.92 Å². The number of hydrogen-bond acceptors (Lipinski definition) is 4. The molecule has 0 unspecified atom stereocenters. The van der Waals surface area contributed by atoms with Crippen LogP contribution in [0.5, 0.6) is 0 Å². The van der Waals surface area contributed by atoms with Gasteiger partial charge in [0.25, 0.3) is 5.56 Å². The zero-order valence-electron chi connectivity index (χ0n) is 14.6. The second kappa shape index (κ2) is 5.42. The molecule has 0 amide bonds. The van der Waals surface area contributed by atoms with E-state index < -0.39 is 11.2 Å². The van der Waals surface area contributed by atoms with Crippen LogP contribution >= 0.6 is 0 Å². The van der Waals surface area contributed by atoms with E-state index in [0.29, 0.717) is 27.9 Å². The third-order valence-electron chi connectivity index (χ3n) is 5.96. The van der Waals surface area contributed by atoms with Crippen LogP contribution in [-0.2, 0) is 5.41 Å². The molecule has 1 aliphatic carbocycles.